The molecule has 0 N–H and O–H groups in total. The molecule has 0 radical (unpaired) electrons. The number of anilines is 1. The van der Waals surface area contributed by atoms with E-state index in [1.54, 1.807) is 0 Å². The van der Waals surface area contributed by atoms with Crippen molar-refractivity contribution in [1.82, 2.24) is 24.6 Å². The number of fused-ring (bicyclic) bond motifs is 1. The third kappa shape index (κ3) is 8.76. The number of rotatable bonds is 10. The van der Waals surface area contributed by atoms with Crippen LogP contribution in [-0.4, -0.2) is 81.6 Å². The van der Waals surface area contributed by atoms with Gasteiger partial charge in [-0.25, -0.2) is 4.79 Å². The lowest BCUT2D eigenvalue weighted by Gasteiger charge is -2.43. The van der Waals surface area contributed by atoms with Gasteiger partial charge in [0.1, 0.15) is 24.5 Å². The SMILES string of the molecule is C[C@H](C1CCN(C(=O)OC(C)(C)C)CC1)N1CCN(c2ccc3c(-c4ccc(OCc5ccccc5)nc4OCc4ccccc4)nn(C)c3c2)CC1. The number of carbonyl (C=O) groups is 1. The summed E-state index contributed by atoms with van der Waals surface area (Å²) in [5.41, 5.74) is 5.58. The molecule has 2 aliphatic heterocycles. The summed E-state index contributed by atoms with van der Waals surface area (Å²) in [7, 11) is 2.00. The highest BCUT2D eigenvalue weighted by Crippen LogP contribution is 2.37. The third-order valence-corrected chi connectivity index (χ3v) is 10.5. The molecule has 0 bridgehead atoms. The molecule has 0 saturated carbocycles. The summed E-state index contributed by atoms with van der Waals surface area (Å²) < 4.78 is 20.0. The first-order valence-electron chi connectivity index (χ1n) is 18.9. The fraction of sp³-hybridized carbons (Fsp3) is 0.419. The monoisotopic (exact) mass is 716 g/mol. The van der Waals surface area contributed by atoms with Crippen molar-refractivity contribution in [1.29, 1.82) is 0 Å². The number of piperidine rings is 1. The fourth-order valence-corrected chi connectivity index (χ4v) is 7.47. The van der Waals surface area contributed by atoms with Gasteiger partial charge in [0, 0.05) is 69.5 Å². The lowest BCUT2D eigenvalue weighted by Crippen LogP contribution is -2.53. The van der Waals surface area contributed by atoms with Crippen LogP contribution < -0.4 is 14.4 Å². The lowest BCUT2D eigenvalue weighted by atomic mass is 9.89. The third-order valence-electron chi connectivity index (χ3n) is 10.5. The van der Waals surface area contributed by atoms with Crippen molar-refractivity contribution in [2.24, 2.45) is 13.0 Å². The molecule has 5 aromatic rings. The molecule has 10 heteroatoms. The molecule has 7 rings (SSSR count). The smallest absolute Gasteiger partial charge is 0.410 e. The summed E-state index contributed by atoms with van der Waals surface area (Å²) in [6.07, 6.45) is 1.83. The minimum atomic E-state index is -0.464. The Balaban J connectivity index is 1.03. The number of pyridine rings is 1. The zero-order valence-corrected chi connectivity index (χ0v) is 31.7. The molecule has 4 heterocycles. The van der Waals surface area contributed by atoms with E-state index in [2.05, 4.69) is 34.9 Å². The molecule has 53 heavy (non-hydrogen) atoms. The summed E-state index contributed by atoms with van der Waals surface area (Å²) in [6.45, 7) is 14.4. The Morgan fingerprint density at radius 3 is 2.09 bits per heavy atom. The van der Waals surface area contributed by atoms with Crippen molar-refractivity contribution in [3.8, 4) is 23.0 Å². The van der Waals surface area contributed by atoms with Crippen molar-refractivity contribution < 1.29 is 19.0 Å². The van der Waals surface area contributed by atoms with Crippen LogP contribution in [0.3, 0.4) is 0 Å². The number of amides is 1. The molecule has 2 saturated heterocycles. The summed E-state index contributed by atoms with van der Waals surface area (Å²) in [4.78, 5) is 24.4. The van der Waals surface area contributed by atoms with E-state index in [1.165, 1.54) is 5.69 Å². The van der Waals surface area contributed by atoms with Crippen molar-refractivity contribution in [2.75, 3.05) is 44.2 Å². The highest BCUT2D eigenvalue weighted by Gasteiger charge is 2.32. The maximum atomic E-state index is 12.6. The van der Waals surface area contributed by atoms with E-state index in [0.717, 1.165) is 85.4 Å². The van der Waals surface area contributed by atoms with E-state index in [0.29, 0.717) is 36.9 Å². The van der Waals surface area contributed by atoms with Crippen LogP contribution in [0.25, 0.3) is 22.2 Å². The van der Waals surface area contributed by atoms with Crippen LogP contribution in [0.5, 0.6) is 11.8 Å². The van der Waals surface area contributed by atoms with Crippen LogP contribution in [0.4, 0.5) is 10.5 Å². The van der Waals surface area contributed by atoms with E-state index in [-0.39, 0.29) is 6.09 Å². The fourth-order valence-electron chi connectivity index (χ4n) is 7.47. The molecule has 2 aromatic heterocycles. The predicted molar refractivity (Wildman–Crippen MR) is 209 cm³/mol. The summed E-state index contributed by atoms with van der Waals surface area (Å²) in [5, 5.41) is 6.05. The average molecular weight is 717 g/mol. The number of hydrogen-bond donors (Lipinski definition) is 0. The zero-order valence-electron chi connectivity index (χ0n) is 31.7. The molecule has 0 spiro atoms. The molecule has 3 aromatic carbocycles. The van der Waals surface area contributed by atoms with Crippen LogP contribution in [0.15, 0.2) is 91.0 Å². The van der Waals surface area contributed by atoms with Crippen molar-refractivity contribution in [3.63, 3.8) is 0 Å². The van der Waals surface area contributed by atoms with Crippen LogP contribution in [0.1, 0.15) is 51.7 Å². The first kappa shape index (κ1) is 36.3. The molecule has 10 nitrogen and oxygen atoms in total. The largest absolute Gasteiger partial charge is 0.473 e. The second-order valence-electron chi connectivity index (χ2n) is 15.3. The van der Waals surface area contributed by atoms with Gasteiger partial charge in [-0.15, -0.1) is 0 Å². The molecule has 0 unspecified atom stereocenters. The van der Waals surface area contributed by atoms with Gasteiger partial charge >= 0.3 is 6.09 Å². The van der Waals surface area contributed by atoms with Gasteiger partial charge in [-0.1, -0.05) is 60.7 Å². The van der Waals surface area contributed by atoms with Crippen LogP contribution in [-0.2, 0) is 25.0 Å². The number of likely N-dealkylation sites (tertiary alicyclic amines) is 1. The summed E-state index contributed by atoms with van der Waals surface area (Å²) in [5.74, 6) is 1.57. The number of aryl methyl sites for hydroxylation is 1. The Labute approximate surface area is 313 Å². The van der Waals surface area contributed by atoms with Crippen molar-refractivity contribution in [2.45, 2.75) is 65.4 Å². The molecular weight excluding hydrogens is 665 g/mol. The number of carbonyl (C=O) groups excluding carboxylic acids is 1. The van der Waals surface area contributed by atoms with E-state index in [9.17, 15) is 4.79 Å². The van der Waals surface area contributed by atoms with Crippen LogP contribution in [0.2, 0.25) is 0 Å². The molecule has 1 amide bonds. The van der Waals surface area contributed by atoms with E-state index in [1.807, 2.05) is 110 Å². The van der Waals surface area contributed by atoms with Crippen molar-refractivity contribution in [3.05, 3.63) is 102 Å². The van der Waals surface area contributed by atoms with Gasteiger partial charge < -0.3 is 24.0 Å². The normalized spacial score (nSPS) is 16.5. The molecule has 278 valence electrons. The second kappa shape index (κ2) is 15.9. The van der Waals surface area contributed by atoms with Crippen LogP contribution >= 0.6 is 0 Å². The molecule has 2 aliphatic rings. The Morgan fingerprint density at radius 2 is 1.45 bits per heavy atom. The second-order valence-corrected chi connectivity index (χ2v) is 15.3. The van der Waals surface area contributed by atoms with Gasteiger partial charge in [0.05, 0.1) is 11.1 Å². The Hall–Kier alpha value is -5.09. The number of piperazine rings is 1. The molecule has 1 atom stereocenters. The number of ether oxygens (including phenoxy) is 3. The summed E-state index contributed by atoms with van der Waals surface area (Å²) in [6, 6.07) is 31.2. The average Bonchev–Trinajstić information content (AvgIpc) is 3.51. The first-order valence-corrected chi connectivity index (χ1v) is 18.9. The standard InChI is InChI=1S/C43H52N6O4/c1-31(34-20-22-49(23-21-34)42(50)53-43(2,3)4)47-24-26-48(27-25-47)35-16-17-36-38(28-35)46(5)45-40(36)37-18-19-39(51-29-32-12-8-6-9-13-32)44-41(37)52-30-33-14-10-7-11-15-33/h6-19,28,31,34H,20-27,29-30H2,1-5H3/t31-/m1/s1. The molecule has 0 aliphatic carbocycles. The first-order chi connectivity index (χ1) is 25.6. The quantitative estimate of drug-likeness (QED) is 0.144. The maximum absolute atomic E-state index is 12.6. The topological polar surface area (TPSA) is 85.2 Å². The molecule has 2 fully saturated rings. The van der Waals surface area contributed by atoms with E-state index in [4.69, 9.17) is 24.3 Å². The van der Waals surface area contributed by atoms with E-state index < -0.39 is 5.60 Å². The maximum Gasteiger partial charge on any atom is 0.410 e. The minimum absolute atomic E-state index is 0.190. The van der Waals surface area contributed by atoms with Gasteiger partial charge in [-0.2, -0.15) is 10.1 Å². The Bertz CT molecular complexity index is 1980. The van der Waals surface area contributed by atoms with Gasteiger partial charge in [-0.05, 0) is 81.8 Å². The number of nitrogens with zero attached hydrogens (tertiary/aromatic N) is 6. The predicted octanol–water partition coefficient (Wildman–Crippen LogP) is 7.95. The Morgan fingerprint density at radius 1 is 0.811 bits per heavy atom. The number of benzene rings is 3. The number of hydrogen-bond acceptors (Lipinski definition) is 8. The Kier molecular flexibility index (Phi) is 10.9. The number of aromatic nitrogens is 3. The summed E-state index contributed by atoms with van der Waals surface area (Å²) >= 11 is 0. The van der Waals surface area contributed by atoms with E-state index >= 15 is 0 Å². The van der Waals surface area contributed by atoms with Gasteiger partial charge in [0.2, 0.25) is 11.8 Å². The molecular formula is C43H52N6O4. The van der Waals surface area contributed by atoms with Gasteiger partial charge in [0.25, 0.3) is 0 Å². The minimum Gasteiger partial charge on any atom is -0.473 e. The zero-order chi connectivity index (χ0) is 37.0. The van der Waals surface area contributed by atoms with Crippen molar-refractivity contribution >= 4 is 22.7 Å². The van der Waals surface area contributed by atoms with Gasteiger partial charge in [-0.3, -0.25) is 9.58 Å². The highest BCUT2D eigenvalue weighted by molar-refractivity contribution is 5.96. The lowest BCUT2D eigenvalue weighted by molar-refractivity contribution is 0.0133. The van der Waals surface area contributed by atoms with Gasteiger partial charge in [0.15, 0.2) is 0 Å². The van der Waals surface area contributed by atoms with Crippen LogP contribution in [0, 0.1) is 5.92 Å². The highest BCUT2D eigenvalue weighted by atomic mass is 16.6.